The number of para-hydroxylation sites is 2. The van der Waals surface area contributed by atoms with Crippen LogP contribution >= 0.6 is 27.5 Å². The largest absolute Gasteiger partial charge is 0.422 e. The normalized spacial score (nSPS) is 11.6. The predicted octanol–water partition coefficient (Wildman–Crippen LogP) is 8.25. The van der Waals surface area contributed by atoms with E-state index >= 15 is 0 Å². The number of fused-ring (bicyclic) bond motifs is 1. The SMILES string of the molecule is O=C(Oc1ccccc1C=NNC(=O)c1[nH]c2c(Br)cccc2c1-c1ccccc1Cl)c1cccc(C(F)(F)F)c1. The quantitative estimate of drug-likeness (QED) is 0.0849. The molecule has 2 N–H and O–H groups in total. The Labute approximate surface area is 244 Å². The van der Waals surface area contributed by atoms with E-state index in [0.29, 0.717) is 33.3 Å². The van der Waals surface area contributed by atoms with Crippen LogP contribution in [0.15, 0.2) is 101 Å². The Morgan fingerprint density at radius 2 is 1.68 bits per heavy atom. The molecule has 0 saturated heterocycles. The van der Waals surface area contributed by atoms with Crippen LogP contribution in [0.1, 0.15) is 32.0 Å². The minimum absolute atomic E-state index is 0.0409. The summed E-state index contributed by atoms with van der Waals surface area (Å²) in [5, 5.41) is 5.26. The molecule has 0 atom stereocenters. The first-order valence-corrected chi connectivity index (χ1v) is 13.2. The van der Waals surface area contributed by atoms with Crippen LogP contribution in [0.2, 0.25) is 5.02 Å². The number of H-pyrrole nitrogens is 1. The van der Waals surface area contributed by atoms with Crippen LogP contribution in [0.25, 0.3) is 22.0 Å². The molecular weight excluding hydrogens is 623 g/mol. The number of hydrazone groups is 1. The van der Waals surface area contributed by atoms with Gasteiger partial charge < -0.3 is 9.72 Å². The van der Waals surface area contributed by atoms with E-state index in [0.717, 1.165) is 22.0 Å². The predicted molar refractivity (Wildman–Crippen MR) is 154 cm³/mol. The van der Waals surface area contributed by atoms with Crippen LogP contribution < -0.4 is 10.2 Å². The molecule has 0 aliphatic heterocycles. The summed E-state index contributed by atoms with van der Waals surface area (Å²) in [5.74, 6) is -1.49. The third-order valence-corrected chi connectivity index (χ3v) is 7.06. The molecule has 0 aliphatic carbocycles. The third kappa shape index (κ3) is 6.03. The number of halogens is 5. The number of nitrogens with zero attached hydrogens (tertiary/aromatic N) is 1. The van der Waals surface area contributed by atoms with Gasteiger partial charge >= 0.3 is 12.1 Å². The lowest BCUT2D eigenvalue weighted by Gasteiger charge is -2.10. The minimum atomic E-state index is -4.61. The van der Waals surface area contributed by atoms with Gasteiger partial charge in [0.15, 0.2) is 0 Å². The molecule has 5 aromatic rings. The van der Waals surface area contributed by atoms with Crippen LogP contribution in [-0.4, -0.2) is 23.1 Å². The van der Waals surface area contributed by atoms with E-state index in [-0.39, 0.29) is 17.0 Å². The summed E-state index contributed by atoms with van der Waals surface area (Å²) in [6.45, 7) is 0. The van der Waals surface area contributed by atoms with Crippen molar-refractivity contribution in [2.45, 2.75) is 6.18 Å². The Kier molecular flexibility index (Phi) is 7.96. The maximum absolute atomic E-state index is 13.3. The summed E-state index contributed by atoms with van der Waals surface area (Å²) in [7, 11) is 0. The molecule has 5 rings (SSSR count). The molecule has 1 heterocycles. The number of carbonyl (C=O) groups excluding carboxylic acids is 2. The summed E-state index contributed by atoms with van der Waals surface area (Å²) in [6.07, 6.45) is -3.34. The maximum atomic E-state index is 13.3. The van der Waals surface area contributed by atoms with Crippen LogP contribution in [-0.2, 0) is 6.18 Å². The molecule has 0 aliphatic rings. The second kappa shape index (κ2) is 11.6. The Balaban J connectivity index is 1.39. The number of hydrogen-bond acceptors (Lipinski definition) is 4. The van der Waals surface area contributed by atoms with Gasteiger partial charge in [0, 0.05) is 31.6 Å². The number of benzene rings is 4. The molecule has 0 saturated carbocycles. The van der Waals surface area contributed by atoms with Gasteiger partial charge in [0.1, 0.15) is 11.4 Å². The van der Waals surface area contributed by atoms with Gasteiger partial charge in [0.2, 0.25) is 0 Å². The molecule has 41 heavy (non-hydrogen) atoms. The lowest BCUT2D eigenvalue weighted by molar-refractivity contribution is -0.137. The number of alkyl halides is 3. The second-order valence-electron chi connectivity index (χ2n) is 8.72. The van der Waals surface area contributed by atoms with E-state index in [9.17, 15) is 22.8 Å². The van der Waals surface area contributed by atoms with E-state index in [1.54, 1.807) is 36.4 Å². The number of rotatable bonds is 6. The zero-order chi connectivity index (χ0) is 29.1. The number of aromatic amines is 1. The van der Waals surface area contributed by atoms with Gasteiger partial charge in [-0.3, -0.25) is 4.79 Å². The molecule has 6 nitrogen and oxygen atoms in total. The van der Waals surface area contributed by atoms with Crippen molar-refractivity contribution < 1.29 is 27.5 Å². The average Bonchev–Trinajstić information content (AvgIpc) is 3.35. The lowest BCUT2D eigenvalue weighted by Crippen LogP contribution is -2.19. The van der Waals surface area contributed by atoms with Gasteiger partial charge in [0.25, 0.3) is 5.91 Å². The van der Waals surface area contributed by atoms with Crippen molar-refractivity contribution in [1.29, 1.82) is 0 Å². The Hall–Kier alpha value is -4.41. The summed E-state index contributed by atoms with van der Waals surface area (Å²) in [6, 6.07) is 22.9. The monoisotopic (exact) mass is 639 g/mol. The van der Waals surface area contributed by atoms with Gasteiger partial charge in [-0.05, 0) is 58.4 Å². The smallest absolute Gasteiger partial charge is 0.416 e. The first kappa shape index (κ1) is 28.1. The Morgan fingerprint density at radius 3 is 2.46 bits per heavy atom. The Bertz CT molecular complexity index is 1820. The van der Waals surface area contributed by atoms with Crippen LogP contribution in [0.3, 0.4) is 0 Å². The average molecular weight is 641 g/mol. The minimum Gasteiger partial charge on any atom is -0.422 e. The molecule has 206 valence electrons. The second-order valence-corrected chi connectivity index (χ2v) is 9.98. The molecule has 1 amide bonds. The summed E-state index contributed by atoms with van der Waals surface area (Å²) in [5.41, 5.74) is 3.71. The lowest BCUT2D eigenvalue weighted by atomic mass is 10.0. The highest BCUT2D eigenvalue weighted by Gasteiger charge is 2.31. The van der Waals surface area contributed by atoms with Crippen molar-refractivity contribution in [2.75, 3.05) is 0 Å². The van der Waals surface area contributed by atoms with Gasteiger partial charge in [-0.2, -0.15) is 18.3 Å². The van der Waals surface area contributed by atoms with Crippen molar-refractivity contribution in [3.05, 3.63) is 123 Å². The number of hydrogen-bond donors (Lipinski definition) is 2. The van der Waals surface area contributed by atoms with E-state index in [2.05, 4.69) is 31.4 Å². The first-order chi connectivity index (χ1) is 19.6. The fraction of sp³-hybridized carbons (Fsp3) is 0.0333. The zero-order valence-corrected chi connectivity index (χ0v) is 23.1. The fourth-order valence-corrected chi connectivity index (χ4v) is 4.87. The third-order valence-electron chi connectivity index (χ3n) is 6.07. The highest BCUT2D eigenvalue weighted by Crippen LogP contribution is 2.38. The van der Waals surface area contributed by atoms with Crippen molar-refractivity contribution in [3.63, 3.8) is 0 Å². The number of esters is 1. The van der Waals surface area contributed by atoms with Crippen molar-refractivity contribution >= 4 is 56.5 Å². The van der Waals surface area contributed by atoms with E-state index in [4.69, 9.17) is 16.3 Å². The molecule has 0 fully saturated rings. The molecule has 0 unspecified atom stereocenters. The van der Waals surface area contributed by atoms with E-state index in [1.807, 2.05) is 24.3 Å². The number of nitrogens with one attached hydrogen (secondary N) is 2. The standard InChI is InChI=1S/C30H18BrClF3N3O3/c31-22-12-6-11-21-25(20-10-2-3-13-23(20)32)27(37-26(21)22)28(39)38-36-16-18-7-1-4-14-24(18)41-29(40)17-8-5-9-19(15-17)30(33,34)35/h1-16,37H,(H,38,39). The fourth-order valence-electron chi connectivity index (χ4n) is 4.17. The van der Waals surface area contributed by atoms with E-state index in [1.165, 1.54) is 18.3 Å². The molecule has 0 spiro atoms. The molecule has 0 radical (unpaired) electrons. The van der Waals surface area contributed by atoms with Crippen LogP contribution in [0.4, 0.5) is 13.2 Å². The van der Waals surface area contributed by atoms with Gasteiger partial charge in [-0.15, -0.1) is 0 Å². The molecule has 11 heteroatoms. The highest BCUT2D eigenvalue weighted by molar-refractivity contribution is 9.10. The van der Waals surface area contributed by atoms with Crippen molar-refractivity contribution in [2.24, 2.45) is 5.10 Å². The topological polar surface area (TPSA) is 83.5 Å². The van der Waals surface area contributed by atoms with Gasteiger partial charge in [-0.1, -0.05) is 60.1 Å². The summed E-state index contributed by atoms with van der Waals surface area (Å²) < 4.78 is 45.3. The van der Waals surface area contributed by atoms with Crippen LogP contribution in [0, 0.1) is 0 Å². The zero-order valence-electron chi connectivity index (χ0n) is 20.8. The molecule has 0 bridgehead atoms. The number of aromatic nitrogens is 1. The number of ether oxygens (including phenoxy) is 1. The number of amides is 1. The first-order valence-electron chi connectivity index (χ1n) is 12.0. The van der Waals surface area contributed by atoms with Crippen LogP contribution in [0.5, 0.6) is 5.75 Å². The molecule has 1 aromatic heterocycles. The van der Waals surface area contributed by atoms with Gasteiger partial charge in [-0.25, -0.2) is 10.2 Å². The van der Waals surface area contributed by atoms with Crippen molar-refractivity contribution in [1.82, 2.24) is 10.4 Å². The summed E-state index contributed by atoms with van der Waals surface area (Å²) >= 11 is 9.97. The van der Waals surface area contributed by atoms with Gasteiger partial charge in [0.05, 0.1) is 22.9 Å². The maximum Gasteiger partial charge on any atom is 0.416 e. The summed E-state index contributed by atoms with van der Waals surface area (Å²) in [4.78, 5) is 29.0. The van der Waals surface area contributed by atoms with Crippen molar-refractivity contribution in [3.8, 4) is 16.9 Å². The Morgan fingerprint density at radius 1 is 0.951 bits per heavy atom. The number of carbonyl (C=O) groups is 2. The van der Waals surface area contributed by atoms with E-state index < -0.39 is 23.6 Å². The molecular formula is C30H18BrClF3N3O3. The highest BCUT2D eigenvalue weighted by atomic mass is 79.9. The molecule has 4 aromatic carbocycles.